The standard InChI is InChI=1S/C25H27N7O3/c1-16-17(2)28-24-20(34-12-5-8-31-10-7-27-15-31)14-18(22(26)21(16)24)29-23-19-6-3-4-9-32(19)30-25(23)35-13-11-33/h3-4,6-7,9-10,14-15,26,28,33H,5,8,11-13H2,1-2H3/b26-22?,29-18+. The lowest BCUT2D eigenvalue weighted by Crippen LogP contribution is -2.20. The molecule has 0 aromatic carbocycles. The molecule has 4 aromatic rings. The monoisotopic (exact) mass is 473 g/mol. The normalized spacial score (nSPS) is 14.4. The van der Waals surface area contributed by atoms with Gasteiger partial charge >= 0.3 is 0 Å². The van der Waals surface area contributed by atoms with Crippen molar-refractivity contribution in [1.29, 1.82) is 5.41 Å². The van der Waals surface area contributed by atoms with E-state index in [9.17, 15) is 5.11 Å². The van der Waals surface area contributed by atoms with Gasteiger partial charge in [0.1, 0.15) is 12.4 Å². The number of imidazole rings is 1. The van der Waals surface area contributed by atoms with Gasteiger partial charge in [0.15, 0.2) is 5.69 Å². The van der Waals surface area contributed by atoms with Crippen LogP contribution in [-0.4, -0.2) is 60.5 Å². The number of aryl methyl sites for hydroxylation is 2. The summed E-state index contributed by atoms with van der Waals surface area (Å²) in [6, 6.07) is 5.65. The molecule has 0 radical (unpaired) electrons. The average Bonchev–Trinajstić information content (AvgIpc) is 3.57. The SMILES string of the molecule is Cc1[nH]c2c(c1C)C(=N)/C(=N/c1c(OCCO)nn3ccccc13)C=C2OCCCn1ccnc1. The second-order valence-corrected chi connectivity index (χ2v) is 8.26. The van der Waals surface area contributed by atoms with Crippen LogP contribution in [0.25, 0.3) is 11.3 Å². The number of aromatic nitrogens is 5. The van der Waals surface area contributed by atoms with Gasteiger partial charge in [0, 0.05) is 42.5 Å². The summed E-state index contributed by atoms with van der Waals surface area (Å²) in [4.78, 5) is 12.3. The molecular weight excluding hydrogens is 446 g/mol. The Morgan fingerprint density at radius 2 is 2.06 bits per heavy atom. The first-order chi connectivity index (χ1) is 17.1. The third kappa shape index (κ3) is 4.35. The summed E-state index contributed by atoms with van der Waals surface area (Å²) in [5, 5.41) is 22.6. The quantitative estimate of drug-likeness (QED) is 0.321. The van der Waals surface area contributed by atoms with Crippen molar-refractivity contribution in [2.24, 2.45) is 4.99 Å². The maximum Gasteiger partial charge on any atom is 0.260 e. The lowest BCUT2D eigenvalue weighted by atomic mass is 9.95. The topological polar surface area (TPSA) is 126 Å². The largest absolute Gasteiger partial charge is 0.491 e. The van der Waals surface area contributed by atoms with E-state index in [1.807, 2.05) is 42.8 Å². The van der Waals surface area contributed by atoms with E-state index in [0.29, 0.717) is 35.4 Å². The van der Waals surface area contributed by atoms with Gasteiger partial charge in [0.05, 0.1) is 42.2 Å². The van der Waals surface area contributed by atoms with E-state index in [-0.39, 0.29) is 13.2 Å². The van der Waals surface area contributed by atoms with Crippen molar-refractivity contribution in [2.45, 2.75) is 26.8 Å². The van der Waals surface area contributed by atoms with Crippen LogP contribution in [0.5, 0.6) is 5.88 Å². The molecule has 0 amide bonds. The van der Waals surface area contributed by atoms with Crippen molar-refractivity contribution < 1.29 is 14.6 Å². The number of allylic oxidation sites excluding steroid dienone is 1. The van der Waals surface area contributed by atoms with E-state index in [0.717, 1.165) is 41.0 Å². The van der Waals surface area contributed by atoms with Crippen LogP contribution >= 0.6 is 0 Å². The number of pyridine rings is 1. The van der Waals surface area contributed by atoms with Gasteiger partial charge in [-0.3, -0.25) is 5.41 Å². The Kier molecular flexibility index (Phi) is 6.19. The molecule has 1 aliphatic carbocycles. The number of nitrogens with zero attached hydrogens (tertiary/aromatic N) is 5. The van der Waals surface area contributed by atoms with Crippen molar-refractivity contribution in [3.63, 3.8) is 0 Å². The van der Waals surface area contributed by atoms with Crippen molar-refractivity contribution in [3.8, 4) is 5.88 Å². The number of H-pyrrole nitrogens is 1. The van der Waals surface area contributed by atoms with Gasteiger partial charge in [0.2, 0.25) is 0 Å². The summed E-state index contributed by atoms with van der Waals surface area (Å²) in [5.41, 5.74) is 5.55. The highest BCUT2D eigenvalue weighted by atomic mass is 16.5. The molecule has 0 saturated carbocycles. The fraction of sp³-hybridized carbons (Fsp3) is 0.280. The third-order valence-electron chi connectivity index (χ3n) is 5.94. The smallest absolute Gasteiger partial charge is 0.260 e. The number of aliphatic hydroxyl groups is 1. The number of aliphatic hydroxyl groups excluding tert-OH is 1. The van der Waals surface area contributed by atoms with E-state index in [1.165, 1.54) is 0 Å². The van der Waals surface area contributed by atoms with Crippen molar-refractivity contribution in [3.05, 3.63) is 71.7 Å². The molecule has 0 bridgehead atoms. The minimum atomic E-state index is -0.137. The highest BCUT2D eigenvalue weighted by molar-refractivity contribution is 6.54. The van der Waals surface area contributed by atoms with Crippen LogP contribution in [0, 0.1) is 19.3 Å². The fourth-order valence-electron chi connectivity index (χ4n) is 4.09. The van der Waals surface area contributed by atoms with E-state index >= 15 is 0 Å². The molecule has 10 heteroatoms. The number of hydrogen-bond donors (Lipinski definition) is 3. The Morgan fingerprint density at radius 3 is 2.86 bits per heavy atom. The molecule has 0 spiro atoms. The maximum atomic E-state index is 9.23. The first-order valence-electron chi connectivity index (χ1n) is 11.5. The number of aromatic amines is 1. The molecular formula is C25H27N7O3. The van der Waals surface area contributed by atoms with Crippen molar-refractivity contribution in [1.82, 2.24) is 24.1 Å². The van der Waals surface area contributed by atoms with Gasteiger partial charge in [0.25, 0.3) is 5.88 Å². The van der Waals surface area contributed by atoms with Gasteiger partial charge in [-0.25, -0.2) is 14.5 Å². The van der Waals surface area contributed by atoms with Gasteiger partial charge in [-0.1, -0.05) is 6.07 Å². The van der Waals surface area contributed by atoms with Crippen molar-refractivity contribution in [2.75, 3.05) is 19.8 Å². The molecule has 1 aliphatic rings. The van der Waals surface area contributed by atoms with Crippen LogP contribution in [0.4, 0.5) is 5.69 Å². The maximum absolute atomic E-state index is 9.23. The second-order valence-electron chi connectivity index (χ2n) is 8.26. The van der Waals surface area contributed by atoms with Crippen LogP contribution in [-0.2, 0) is 11.3 Å². The molecule has 4 aromatic heterocycles. The Labute approximate surface area is 202 Å². The van der Waals surface area contributed by atoms with Gasteiger partial charge < -0.3 is 24.1 Å². The predicted octanol–water partition coefficient (Wildman–Crippen LogP) is 3.45. The molecule has 5 rings (SSSR count). The second kappa shape index (κ2) is 9.59. The van der Waals surface area contributed by atoms with Gasteiger partial charge in [-0.05, 0) is 38.0 Å². The molecule has 180 valence electrons. The Hall–Kier alpha value is -4.18. The van der Waals surface area contributed by atoms with E-state index in [2.05, 4.69) is 15.1 Å². The molecule has 0 unspecified atom stereocenters. The Balaban J connectivity index is 1.51. The first kappa shape index (κ1) is 22.6. The highest BCUT2D eigenvalue weighted by Gasteiger charge is 2.28. The number of hydrogen-bond acceptors (Lipinski definition) is 7. The highest BCUT2D eigenvalue weighted by Crippen LogP contribution is 2.35. The zero-order valence-electron chi connectivity index (χ0n) is 19.7. The fourth-order valence-corrected chi connectivity index (χ4v) is 4.09. The van der Waals surface area contributed by atoms with Crippen molar-refractivity contribution >= 4 is 28.4 Å². The minimum Gasteiger partial charge on any atom is -0.491 e. The first-order valence-corrected chi connectivity index (χ1v) is 11.5. The minimum absolute atomic E-state index is 0.0978. The Morgan fingerprint density at radius 1 is 1.17 bits per heavy atom. The molecule has 10 nitrogen and oxygen atoms in total. The third-order valence-corrected chi connectivity index (χ3v) is 5.94. The Bertz CT molecular complexity index is 1430. The zero-order chi connectivity index (χ0) is 24.4. The molecule has 0 aliphatic heterocycles. The molecule has 0 fully saturated rings. The number of nitrogens with one attached hydrogen (secondary N) is 2. The van der Waals surface area contributed by atoms with Gasteiger partial charge in [-0.15, -0.1) is 5.10 Å². The summed E-state index contributed by atoms with van der Waals surface area (Å²) in [5.74, 6) is 0.945. The lowest BCUT2D eigenvalue weighted by Gasteiger charge is -2.18. The summed E-state index contributed by atoms with van der Waals surface area (Å²) >= 11 is 0. The van der Waals surface area contributed by atoms with E-state index in [4.69, 9.17) is 19.9 Å². The van der Waals surface area contributed by atoms with Crippen LogP contribution in [0.2, 0.25) is 0 Å². The predicted molar refractivity (Wildman–Crippen MR) is 133 cm³/mol. The summed E-state index contributed by atoms with van der Waals surface area (Å²) in [6.45, 7) is 5.24. The molecule has 35 heavy (non-hydrogen) atoms. The zero-order valence-corrected chi connectivity index (χ0v) is 19.7. The van der Waals surface area contributed by atoms with Gasteiger partial charge in [-0.2, -0.15) is 0 Å². The van der Waals surface area contributed by atoms with Crippen LogP contribution in [0.1, 0.15) is 28.9 Å². The number of ether oxygens (including phenoxy) is 2. The molecule has 3 N–H and O–H groups in total. The molecule has 4 heterocycles. The summed E-state index contributed by atoms with van der Waals surface area (Å²) < 4.78 is 15.5. The molecule has 0 atom stereocenters. The number of rotatable bonds is 9. The average molecular weight is 474 g/mol. The number of fused-ring (bicyclic) bond motifs is 2. The van der Waals surface area contributed by atoms with E-state index < -0.39 is 0 Å². The van der Waals surface area contributed by atoms with Crippen LogP contribution < -0.4 is 4.74 Å². The van der Waals surface area contributed by atoms with E-state index in [1.54, 1.807) is 29.3 Å². The number of aliphatic imine (C=N–C) groups is 1. The molecule has 0 saturated heterocycles. The lowest BCUT2D eigenvalue weighted by molar-refractivity contribution is 0.197. The van der Waals surface area contributed by atoms with Crippen LogP contribution in [0.15, 0.2) is 54.2 Å². The van der Waals surface area contributed by atoms with Crippen LogP contribution in [0.3, 0.4) is 0 Å². The summed E-state index contributed by atoms with van der Waals surface area (Å²) in [6.07, 6.45) is 9.87. The summed E-state index contributed by atoms with van der Waals surface area (Å²) in [7, 11) is 0.